The summed E-state index contributed by atoms with van der Waals surface area (Å²) in [4.78, 5) is 18.5. The molecular formula is C36H42N2O5. The lowest BCUT2D eigenvalue weighted by Gasteiger charge is -2.60. The zero-order chi connectivity index (χ0) is 29.7. The molecule has 1 saturated carbocycles. The van der Waals surface area contributed by atoms with Gasteiger partial charge in [0.15, 0.2) is 11.5 Å². The number of methoxy groups -OCH3 is 1. The maximum Gasteiger partial charge on any atom is 0.246 e. The van der Waals surface area contributed by atoms with Gasteiger partial charge in [0.2, 0.25) is 5.91 Å². The lowest BCUT2D eigenvalue weighted by molar-refractivity contribution is -0.139. The zero-order valence-corrected chi connectivity index (χ0v) is 25.3. The molecule has 2 aliphatic carbocycles. The Morgan fingerprint density at radius 2 is 2.02 bits per heavy atom. The largest absolute Gasteiger partial charge is 0.493 e. The summed E-state index contributed by atoms with van der Waals surface area (Å²) >= 11 is 0. The third kappa shape index (κ3) is 4.68. The maximum atomic E-state index is 13.9. The number of carbonyl (C=O) groups is 1. The first-order valence-electron chi connectivity index (χ1n) is 15.8. The van der Waals surface area contributed by atoms with E-state index in [-0.39, 0.29) is 23.5 Å². The summed E-state index contributed by atoms with van der Waals surface area (Å²) in [5.74, 6) is 2.36. The van der Waals surface area contributed by atoms with Crippen molar-refractivity contribution in [1.29, 1.82) is 0 Å². The monoisotopic (exact) mass is 582 g/mol. The lowest BCUT2D eigenvalue weighted by Crippen LogP contribution is -2.69. The second-order valence-electron chi connectivity index (χ2n) is 13.2. The Balaban J connectivity index is 1.25. The van der Waals surface area contributed by atoms with Crippen LogP contribution in [0.25, 0.3) is 6.08 Å². The van der Waals surface area contributed by atoms with Crippen LogP contribution >= 0.6 is 0 Å². The molecule has 3 aromatic rings. The van der Waals surface area contributed by atoms with Gasteiger partial charge in [-0.2, -0.15) is 0 Å². The highest BCUT2D eigenvalue weighted by molar-refractivity contribution is 5.92. The average molecular weight is 583 g/mol. The molecule has 1 unspecified atom stereocenters. The number of piperidine rings is 1. The molecule has 226 valence electrons. The molecule has 3 heterocycles. The molecule has 43 heavy (non-hydrogen) atoms. The predicted molar refractivity (Wildman–Crippen MR) is 165 cm³/mol. The number of ether oxygens (including phenoxy) is 2. The molecule has 7 nitrogen and oxygen atoms in total. The van der Waals surface area contributed by atoms with Crippen molar-refractivity contribution in [2.24, 2.45) is 11.8 Å². The molecule has 4 aliphatic rings. The first-order chi connectivity index (χ1) is 20.9. The van der Waals surface area contributed by atoms with Crippen molar-refractivity contribution in [3.8, 4) is 11.5 Å². The number of hydrogen-bond donors (Lipinski definition) is 1. The van der Waals surface area contributed by atoms with Crippen molar-refractivity contribution in [1.82, 2.24) is 9.80 Å². The number of carbonyl (C=O) groups excluding carboxylic acids is 1. The van der Waals surface area contributed by atoms with Gasteiger partial charge in [-0.3, -0.25) is 9.69 Å². The van der Waals surface area contributed by atoms with E-state index in [1.807, 2.05) is 48.5 Å². The topological polar surface area (TPSA) is 75.4 Å². The number of hydrogen-bond acceptors (Lipinski definition) is 6. The van der Waals surface area contributed by atoms with Crippen molar-refractivity contribution < 1.29 is 23.8 Å². The Labute approximate surface area is 254 Å². The molecule has 1 spiro atoms. The van der Waals surface area contributed by atoms with Crippen LogP contribution in [0.3, 0.4) is 0 Å². The van der Waals surface area contributed by atoms with E-state index in [4.69, 9.17) is 13.9 Å². The molecule has 1 N–H and O–H groups in total. The van der Waals surface area contributed by atoms with Crippen molar-refractivity contribution >= 4 is 12.0 Å². The minimum atomic E-state index is -0.531. The van der Waals surface area contributed by atoms with Gasteiger partial charge in [-0.1, -0.05) is 50.2 Å². The van der Waals surface area contributed by atoms with E-state index in [0.29, 0.717) is 31.0 Å². The first kappa shape index (κ1) is 28.2. The Morgan fingerprint density at radius 1 is 1.19 bits per heavy atom. The van der Waals surface area contributed by atoms with E-state index in [1.54, 1.807) is 25.7 Å². The summed E-state index contributed by atoms with van der Waals surface area (Å²) in [5, 5.41) is 11.2. The van der Waals surface area contributed by atoms with Gasteiger partial charge in [0.05, 0.1) is 31.8 Å². The van der Waals surface area contributed by atoms with Gasteiger partial charge in [-0.25, -0.2) is 0 Å². The Bertz CT molecular complexity index is 1480. The fraction of sp³-hybridized carbons (Fsp3) is 0.472. The Morgan fingerprint density at radius 3 is 2.77 bits per heavy atom. The van der Waals surface area contributed by atoms with Gasteiger partial charge >= 0.3 is 0 Å². The third-order valence-corrected chi connectivity index (χ3v) is 10.4. The normalized spacial score (nSPS) is 28.0. The van der Waals surface area contributed by atoms with Crippen LogP contribution in [0.1, 0.15) is 61.5 Å². The molecule has 2 aromatic carbocycles. The highest BCUT2D eigenvalue weighted by Crippen LogP contribution is 2.64. The van der Waals surface area contributed by atoms with E-state index in [1.165, 1.54) is 11.1 Å². The SMILES string of the molecule is COc1ccc2c3c1O[C@H]1[C@@H](N(CC(C)C)C(=O)C=Cc4ccoc4)CC[C@H]4[C@@H](C2)N(CC(O)c2ccccc2)CC[C@@]341. The van der Waals surface area contributed by atoms with E-state index in [2.05, 4.69) is 29.7 Å². The predicted octanol–water partition coefficient (Wildman–Crippen LogP) is 5.63. The van der Waals surface area contributed by atoms with E-state index in [0.717, 1.165) is 54.9 Å². The molecule has 1 aromatic heterocycles. The Kier molecular flexibility index (Phi) is 7.34. The van der Waals surface area contributed by atoms with Crippen LogP contribution in [-0.4, -0.2) is 65.7 Å². The smallest absolute Gasteiger partial charge is 0.246 e. The molecule has 2 fully saturated rings. The van der Waals surface area contributed by atoms with Gasteiger partial charge in [0.25, 0.3) is 0 Å². The zero-order valence-electron chi connectivity index (χ0n) is 25.3. The number of aliphatic hydroxyl groups excluding tert-OH is 1. The fourth-order valence-electron chi connectivity index (χ4n) is 8.71. The van der Waals surface area contributed by atoms with Gasteiger partial charge in [0.1, 0.15) is 6.10 Å². The van der Waals surface area contributed by atoms with Crippen molar-refractivity contribution in [3.05, 3.63) is 89.4 Å². The van der Waals surface area contributed by atoms with Crippen LogP contribution in [0.15, 0.2) is 71.6 Å². The minimum Gasteiger partial charge on any atom is -0.493 e. The van der Waals surface area contributed by atoms with E-state index in [9.17, 15) is 9.90 Å². The highest BCUT2D eigenvalue weighted by Gasteiger charge is 2.66. The highest BCUT2D eigenvalue weighted by atomic mass is 16.5. The van der Waals surface area contributed by atoms with Gasteiger partial charge in [0, 0.05) is 41.7 Å². The molecule has 7 heteroatoms. The number of likely N-dealkylation sites (tertiary alicyclic amines) is 1. The van der Waals surface area contributed by atoms with Crippen molar-refractivity contribution in [3.63, 3.8) is 0 Å². The van der Waals surface area contributed by atoms with Crippen molar-refractivity contribution in [2.75, 3.05) is 26.7 Å². The van der Waals surface area contributed by atoms with Crippen LogP contribution in [0.4, 0.5) is 0 Å². The summed E-state index contributed by atoms with van der Waals surface area (Å²) in [6.07, 6.45) is 9.86. The second kappa shape index (κ2) is 11.2. The Hall–Kier alpha value is -3.55. The van der Waals surface area contributed by atoms with Crippen molar-refractivity contribution in [2.45, 2.75) is 69.2 Å². The van der Waals surface area contributed by atoms with Gasteiger partial charge in [-0.15, -0.1) is 0 Å². The number of β-amino-alcohol motifs (C(OH)–C–C–N with tert-alkyl or cyclic N) is 1. The second-order valence-corrected chi connectivity index (χ2v) is 13.2. The number of aliphatic hydroxyl groups is 1. The summed E-state index contributed by atoms with van der Waals surface area (Å²) < 4.78 is 18.1. The minimum absolute atomic E-state index is 0.0114. The molecule has 1 saturated heterocycles. The quantitative estimate of drug-likeness (QED) is 0.330. The lowest BCUT2D eigenvalue weighted by atomic mass is 9.51. The number of rotatable bonds is 9. The first-order valence-corrected chi connectivity index (χ1v) is 15.8. The summed E-state index contributed by atoms with van der Waals surface area (Å²) in [7, 11) is 1.71. The summed E-state index contributed by atoms with van der Waals surface area (Å²) in [6.45, 7) is 6.50. The number of benzene rings is 2. The number of amides is 1. The summed E-state index contributed by atoms with van der Waals surface area (Å²) in [5.41, 5.74) is 4.28. The van der Waals surface area contributed by atoms with Crippen LogP contribution in [0, 0.1) is 11.8 Å². The van der Waals surface area contributed by atoms with Crippen LogP contribution < -0.4 is 9.47 Å². The molecule has 2 aliphatic heterocycles. The molecule has 7 rings (SSSR count). The van der Waals surface area contributed by atoms with E-state index < -0.39 is 6.10 Å². The number of nitrogens with zero attached hydrogens (tertiary/aromatic N) is 2. The molecule has 2 bridgehead atoms. The average Bonchev–Trinajstić information content (AvgIpc) is 3.66. The summed E-state index contributed by atoms with van der Waals surface area (Å²) in [6, 6.07) is 16.4. The molecular weight excluding hydrogens is 540 g/mol. The molecule has 0 radical (unpaired) electrons. The maximum absolute atomic E-state index is 13.9. The van der Waals surface area contributed by atoms with Gasteiger partial charge < -0.3 is 23.9 Å². The molecule has 6 atom stereocenters. The third-order valence-electron chi connectivity index (χ3n) is 10.4. The van der Waals surface area contributed by atoms with E-state index >= 15 is 0 Å². The standard InChI is InChI=1S/C36H42N2O5/c1-23(2)20-38(32(40)14-9-24-15-18-42-22-24)28-12-11-27-29-19-26-10-13-31(41-3)34-33(26)36(27,35(28)43-34)16-17-37(29)21-30(39)25-7-5-4-6-8-25/h4-10,13-15,18,22-23,27-30,35,39H,11-12,16-17,19-21H2,1-3H3/t27-,28-,29+,30?,35-,36-/m0/s1. The fourth-order valence-corrected chi connectivity index (χ4v) is 8.71. The number of furan rings is 1. The van der Waals surface area contributed by atoms with Gasteiger partial charge in [-0.05, 0) is 73.4 Å². The molecule has 1 amide bonds. The van der Waals surface area contributed by atoms with Crippen LogP contribution in [0.2, 0.25) is 0 Å². The van der Waals surface area contributed by atoms with Crippen LogP contribution in [0.5, 0.6) is 11.5 Å². The van der Waals surface area contributed by atoms with Crippen LogP contribution in [-0.2, 0) is 16.6 Å².